The highest BCUT2D eigenvalue weighted by Crippen LogP contribution is 2.22. The maximum absolute atomic E-state index is 4.66. The molecule has 0 aliphatic heterocycles. The number of anilines is 2. The predicted molar refractivity (Wildman–Crippen MR) is 97.3 cm³/mol. The molecule has 6 nitrogen and oxygen atoms in total. The van der Waals surface area contributed by atoms with Crippen LogP contribution in [-0.4, -0.2) is 24.1 Å². The maximum Gasteiger partial charge on any atom is 0.247 e. The quantitative estimate of drug-likeness (QED) is 0.548. The second-order valence-corrected chi connectivity index (χ2v) is 5.69. The van der Waals surface area contributed by atoms with Crippen molar-refractivity contribution < 1.29 is 0 Å². The van der Waals surface area contributed by atoms with Gasteiger partial charge in [-0.05, 0) is 36.4 Å². The highest BCUT2D eigenvalue weighted by Gasteiger charge is 2.12. The number of para-hydroxylation sites is 3. The van der Waals surface area contributed by atoms with E-state index in [2.05, 4.69) is 20.4 Å². The normalized spacial score (nSPS) is 11.2. The van der Waals surface area contributed by atoms with Crippen molar-refractivity contribution in [1.29, 1.82) is 0 Å². The highest BCUT2D eigenvalue weighted by atomic mass is 15.4. The first-order valence-corrected chi connectivity index (χ1v) is 7.98. The van der Waals surface area contributed by atoms with E-state index in [1.165, 1.54) is 0 Å². The lowest BCUT2D eigenvalue weighted by molar-refractivity contribution is 0.951. The van der Waals surface area contributed by atoms with E-state index < -0.39 is 0 Å². The van der Waals surface area contributed by atoms with E-state index >= 15 is 0 Å². The lowest BCUT2D eigenvalue weighted by Crippen LogP contribution is -1.97. The van der Waals surface area contributed by atoms with E-state index in [0.29, 0.717) is 5.95 Å². The van der Waals surface area contributed by atoms with Crippen molar-refractivity contribution in [3.8, 4) is 5.69 Å². The fraction of sp³-hybridized carbons (Fsp3) is 0. The van der Waals surface area contributed by atoms with Gasteiger partial charge in [0.2, 0.25) is 5.95 Å². The average molecular weight is 326 g/mol. The molecule has 1 N–H and O–H groups in total. The van der Waals surface area contributed by atoms with Gasteiger partial charge in [0.25, 0.3) is 0 Å². The highest BCUT2D eigenvalue weighted by molar-refractivity contribution is 5.79. The summed E-state index contributed by atoms with van der Waals surface area (Å²) in [6, 6.07) is 21.9. The second kappa shape index (κ2) is 5.45. The summed E-state index contributed by atoms with van der Waals surface area (Å²) in [6.07, 6.45) is 3.71. The van der Waals surface area contributed by atoms with E-state index in [1.54, 1.807) is 4.52 Å². The Kier molecular flexibility index (Phi) is 3.00. The Bertz CT molecular complexity index is 1170. The largest absolute Gasteiger partial charge is 0.323 e. The second-order valence-electron chi connectivity index (χ2n) is 5.69. The third-order valence-electron chi connectivity index (χ3n) is 4.08. The number of hydrogen-bond donors (Lipinski definition) is 1. The minimum absolute atomic E-state index is 0.558. The van der Waals surface area contributed by atoms with E-state index in [9.17, 15) is 0 Å². The van der Waals surface area contributed by atoms with Gasteiger partial charge >= 0.3 is 0 Å². The summed E-state index contributed by atoms with van der Waals surface area (Å²) in [5, 5.41) is 7.75. The molecule has 0 aliphatic rings. The van der Waals surface area contributed by atoms with Crippen LogP contribution in [0.15, 0.2) is 79.3 Å². The van der Waals surface area contributed by atoms with Crippen molar-refractivity contribution in [2.45, 2.75) is 0 Å². The van der Waals surface area contributed by atoms with Crippen LogP contribution in [0.2, 0.25) is 0 Å². The Morgan fingerprint density at radius 2 is 1.68 bits per heavy atom. The summed E-state index contributed by atoms with van der Waals surface area (Å²) >= 11 is 0. The molecule has 3 aromatic heterocycles. The molecule has 0 radical (unpaired) electrons. The molecule has 3 heterocycles. The first-order chi connectivity index (χ1) is 12.4. The molecular formula is C19H14N6. The molecule has 0 saturated heterocycles. The van der Waals surface area contributed by atoms with Crippen molar-refractivity contribution in [3.63, 3.8) is 0 Å². The van der Waals surface area contributed by atoms with Gasteiger partial charge in [-0.1, -0.05) is 30.3 Å². The van der Waals surface area contributed by atoms with Crippen molar-refractivity contribution >= 4 is 28.3 Å². The molecule has 25 heavy (non-hydrogen) atoms. The summed E-state index contributed by atoms with van der Waals surface area (Å²) in [5.74, 6) is 0.558. The number of rotatable bonds is 3. The number of benzene rings is 2. The van der Waals surface area contributed by atoms with Crippen molar-refractivity contribution in [3.05, 3.63) is 79.3 Å². The van der Waals surface area contributed by atoms with Crippen molar-refractivity contribution in [1.82, 2.24) is 24.1 Å². The molecule has 2 aromatic carbocycles. The van der Waals surface area contributed by atoms with Gasteiger partial charge in [0, 0.05) is 11.9 Å². The van der Waals surface area contributed by atoms with Gasteiger partial charge in [0.1, 0.15) is 6.33 Å². The van der Waals surface area contributed by atoms with Crippen molar-refractivity contribution in [2.75, 3.05) is 5.32 Å². The Hall–Kier alpha value is -3.67. The van der Waals surface area contributed by atoms with E-state index in [4.69, 9.17) is 0 Å². The summed E-state index contributed by atoms with van der Waals surface area (Å²) in [7, 11) is 0. The van der Waals surface area contributed by atoms with Gasteiger partial charge in [0.05, 0.1) is 16.7 Å². The number of fused-ring (bicyclic) bond motifs is 2. The van der Waals surface area contributed by atoms with Gasteiger partial charge < -0.3 is 5.32 Å². The molecule has 0 atom stereocenters. The number of pyridine rings is 1. The molecule has 0 bridgehead atoms. The minimum atomic E-state index is 0.558. The van der Waals surface area contributed by atoms with Gasteiger partial charge in [-0.2, -0.15) is 4.98 Å². The zero-order chi connectivity index (χ0) is 16.6. The summed E-state index contributed by atoms with van der Waals surface area (Å²) in [4.78, 5) is 9.13. The molecule has 120 valence electrons. The van der Waals surface area contributed by atoms with Gasteiger partial charge in [-0.15, -0.1) is 5.10 Å². The Morgan fingerprint density at radius 3 is 2.60 bits per heavy atom. The molecule has 6 heteroatoms. The lowest BCUT2D eigenvalue weighted by atomic mass is 10.3. The van der Waals surface area contributed by atoms with Crippen LogP contribution in [-0.2, 0) is 0 Å². The standard InChI is InChI=1S/C19H14N6/c1-2-7-14(8-3-1)21-19-22-18-17(11-6-12-25(18)23-19)24-13-20-15-9-4-5-10-16(15)24/h1-13H,(H,21,23). The van der Waals surface area contributed by atoms with Crippen LogP contribution in [0.4, 0.5) is 11.6 Å². The first kappa shape index (κ1) is 13.7. The van der Waals surface area contributed by atoms with Gasteiger partial charge in [-0.25, -0.2) is 9.50 Å². The number of nitrogens with one attached hydrogen (secondary N) is 1. The third kappa shape index (κ3) is 2.31. The smallest absolute Gasteiger partial charge is 0.247 e. The molecule has 0 fully saturated rings. The van der Waals surface area contributed by atoms with Crippen LogP contribution in [0.5, 0.6) is 0 Å². The molecule has 0 saturated carbocycles. The molecule has 5 aromatic rings. The SMILES string of the molecule is c1ccc(Nc2nc3c(-n4cnc5ccccc54)cccn3n2)cc1. The number of hydrogen-bond acceptors (Lipinski definition) is 4. The van der Waals surface area contributed by atoms with Crippen LogP contribution in [0, 0.1) is 0 Å². The van der Waals surface area contributed by atoms with Gasteiger partial charge in [-0.3, -0.25) is 4.57 Å². The van der Waals surface area contributed by atoms with Crippen molar-refractivity contribution in [2.24, 2.45) is 0 Å². The molecule has 0 aliphatic carbocycles. The zero-order valence-corrected chi connectivity index (χ0v) is 13.2. The number of aromatic nitrogens is 5. The molecule has 0 unspecified atom stereocenters. The fourth-order valence-electron chi connectivity index (χ4n) is 2.93. The third-order valence-corrected chi connectivity index (χ3v) is 4.08. The topological polar surface area (TPSA) is 60.0 Å². The monoisotopic (exact) mass is 326 g/mol. The summed E-state index contributed by atoms with van der Waals surface area (Å²) in [6.45, 7) is 0. The number of nitrogens with zero attached hydrogens (tertiary/aromatic N) is 5. The Balaban J connectivity index is 1.64. The van der Waals surface area contributed by atoms with Crippen LogP contribution in [0.3, 0.4) is 0 Å². The zero-order valence-electron chi connectivity index (χ0n) is 13.2. The Labute approximate surface area is 143 Å². The van der Waals surface area contributed by atoms with E-state index in [1.807, 2.05) is 83.8 Å². The molecular weight excluding hydrogens is 312 g/mol. The van der Waals surface area contributed by atoms with Gasteiger partial charge in [0.15, 0.2) is 5.65 Å². The Morgan fingerprint density at radius 1 is 0.840 bits per heavy atom. The number of imidazole rings is 1. The lowest BCUT2D eigenvalue weighted by Gasteiger charge is -2.04. The van der Waals surface area contributed by atoms with Crippen LogP contribution >= 0.6 is 0 Å². The minimum Gasteiger partial charge on any atom is -0.323 e. The maximum atomic E-state index is 4.66. The van der Waals surface area contributed by atoms with E-state index in [-0.39, 0.29) is 0 Å². The average Bonchev–Trinajstić information content (AvgIpc) is 3.26. The first-order valence-electron chi connectivity index (χ1n) is 7.98. The van der Waals surface area contributed by atoms with Crippen LogP contribution in [0.25, 0.3) is 22.4 Å². The summed E-state index contributed by atoms with van der Waals surface area (Å²) < 4.78 is 3.81. The molecule has 0 amide bonds. The van der Waals surface area contributed by atoms with E-state index in [0.717, 1.165) is 28.1 Å². The fourth-order valence-corrected chi connectivity index (χ4v) is 2.93. The van der Waals surface area contributed by atoms with Crippen LogP contribution < -0.4 is 5.32 Å². The molecule has 0 spiro atoms. The van der Waals surface area contributed by atoms with Crippen LogP contribution in [0.1, 0.15) is 0 Å². The predicted octanol–water partition coefficient (Wildman–Crippen LogP) is 3.81. The molecule has 5 rings (SSSR count). The summed E-state index contributed by atoms with van der Waals surface area (Å²) in [5.41, 5.74) is 4.64.